The minimum Gasteiger partial charge on any atom is -0.493 e. The third kappa shape index (κ3) is 5.17. The third-order valence-corrected chi connectivity index (χ3v) is 3.90. The number of benzene rings is 2. The molecule has 0 atom stereocenters. The molecule has 134 valence electrons. The monoisotopic (exact) mass is 353 g/mol. The Morgan fingerprint density at radius 2 is 1.85 bits per heavy atom. The second-order valence-electron chi connectivity index (χ2n) is 5.80. The van der Waals surface area contributed by atoms with Crippen molar-refractivity contribution in [3.8, 4) is 5.75 Å². The van der Waals surface area contributed by atoms with Crippen LogP contribution < -0.4 is 10.1 Å². The summed E-state index contributed by atoms with van der Waals surface area (Å²) < 4.78 is 20.1. The molecule has 0 fully saturated rings. The fraction of sp³-hybridized carbons (Fsp3) is 0.200. The summed E-state index contributed by atoms with van der Waals surface area (Å²) in [5.41, 5.74) is 2.16. The lowest BCUT2D eigenvalue weighted by molar-refractivity contribution is -0.121. The zero-order valence-electron chi connectivity index (χ0n) is 14.3. The summed E-state index contributed by atoms with van der Waals surface area (Å²) in [5, 5.41) is 7.12. The Kier molecular flexibility index (Phi) is 5.98. The average Bonchev–Trinajstić information content (AvgIpc) is 3.16. The number of rotatable bonds is 8. The van der Waals surface area contributed by atoms with Gasteiger partial charge in [-0.2, -0.15) is 5.10 Å². The number of carbonyl (C=O) groups is 1. The van der Waals surface area contributed by atoms with Crippen LogP contribution in [0.4, 0.5) is 4.39 Å². The van der Waals surface area contributed by atoms with Crippen molar-refractivity contribution >= 4 is 5.91 Å². The molecule has 3 rings (SSSR count). The zero-order valence-corrected chi connectivity index (χ0v) is 14.3. The Hall–Kier alpha value is -3.15. The van der Waals surface area contributed by atoms with Crippen LogP contribution in [0.1, 0.15) is 17.5 Å². The molecule has 1 heterocycles. The molecule has 26 heavy (non-hydrogen) atoms. The predicted molar refractivity (Wildman–Crippen MR) is 96.1 cm³/mol. The van der Waals surface area contributed by atoms with Crippen molar-refractivity contribution in [3.63, 3.8) is 0 Å². The Labute approximate surface area is 151 Å². The lowest BCUT2D eigenvalue weighted by Gasteiger charge is -2.11. The van der Waals surface area contributed by atoms with Crippen molar-refractivity contribution in [2.45, 2.75) is 19.5 Å². The van der Waals surface area contributed by atoms with Gasteiger partial charge in [-0.25, -0.2) is 4.39 Å². The number of hydrogen-bond acceptors (Lipinski definition) is 3. The van der Waals surface area contributed by atoms with Crippen LogP contribution in [0.15, 0.2) is 67.0 Å². The van der Waals surface area contributed by atoms with Crippen LogP contribution in [0.5, 0.6) is 5.75 Å². The number of nitrogens with zero attached hydrogens (tertiary/aromatic N) is 2. The first kappa shape index (κ1) is 17.7. The summed E-state index contributed by atoms with van der Waals surface area (Å²) in [4.78, 5) is 12.0. The summed E-state index contributed by atoms with van der Waals surface area (Å²) in [7, 11) is 0. The summed E-state index contributed by atoms with van der Waals surface area (Å²) in [6, 6.07) is 15.6. The molecular weight excluding hydrogens is 333 g/mol. The highest BCUT2D eigenvalue weighted by atomic mass is 19.1. The van der Waals surface area contributed by atoms with E-state index >= 15 is 0 Å². The van der Waals surface area contributed by atoms with Gasteiger partial charge in [0.05, 0.1) is 19.6 Å². The predicted octanol–water partition coefficient (Wildman–Crippen LogP) is 3.16. The van der Waals surface area contributed by atoms with Gasteiger partial charge in [-0.15, -0.1) is 0 Å². The van der Waals surface area contributed by atoms with Crippen LogP contribution in [-0.4, -0.2) is 22.3 Å². The number of hydrogen-bond donors (Lipinski definition) is 1. The van der Waals surface area contributed by atoms with Gasteiger partial charge in [0.15, 0.2) is 0 Å². The largest absolute Gasteiger partial charge is 0.493 e. The molecular formula is C20H20FN3O2. The van der Waals surface area contributed by atoms with Gasteiger partial charge in [0.25, 0.3) is 0 Å². The van der Waals surface area contributed by atoms with E-state index < -0.39 is 0 Å². The average molecular weight is 353 g/mol. The van der Waals surface area contributed by atoms with Gasteiger partial charge in [-0.3, -0.25) is 9.48 Å². The molecule has 0 radical (unpaired) electrons. The lowest BCUT2D eigenvalue weighted by atomic mass is 10.1. The summed E-state index contributed by atoms with van der Waals surface area (Å²) in [5.74, 6) is 0.133. The minimum atomic E-state index is -0.316. The highest BCUT2D eigenvalue weighted by molar-refractivity contribution is 5.76. The van der Waals surface area contributed by atoms with Gasteiger partial charge in [-0.1, -0.05) is 24.3 Å². The van der Waals surface area contributed by atoms with Crippen molar-refractivity contribution in [3.05, 3.63) is 83.9 Å². The molecule has 1 aromatic heterocycles. The zero-order chi connectivity index (χ0) is 18.2. The maximum Gasteiger partial charge on any atom is 0.223 e. The van der Waals surface area contributed by atoms with Crippen molar-refractivity contribution in [2.75, 3.05) is 6.61 Å². The smallest absolute Gasteiger partial charge is 0.223 e. The maximum atomic E-state index is 12.8. The fourth-order valence-electron chi connectivity index (χ4n) is 2.53. The molecule has 0 aliphatic rings. The molecule has 0 saturated carbocycles. The van der Waals surface area contributed by atoms with E-state index in [9.17, 15) is 9.18 Å². The van der Waals surface area contributed by atoms with Gasteiger partial charge in [0.1, 0.15) is 11.6 Å². The molecule has 0 spiro atoms. The Bertz CT molecular complexity index is 833. The van der Waals surface area contributed by atoms with E-state index in [1.807, 2.05) is 41.2 Å². The van der Waals surface area contributed by atoms with Crippen LogP contribution in [-0.2, 0) is 17.9 Å². The number of aromatic nitrogens is 2. The quantitative estimate of drug-likeness (QED) is 0.677. The summed E-state index contributed by atoms with van der Waals surface area (Å²) in [6.45, 7) is 1.35. The number of carbonyl (C=O) groups excluding carboxylic acids is 1. The topological polar surface area (TPSA) is 56.1 Å². The van der Waals surface area contributed by atoms with E-state index in [4.69, 9.17) is 4.74 Å². The molecule has 0 aliphatic carbocycles. The highest BCUT2D eigenvalue weighted by Gasteiger charge is 2.06. The standard InChI is InChI=1S/C20H20FN3O2/c21-18-6-8-19(9-7-18)26-13-10-20(25)22-14-16-4-1-2-5-17(16)15-24-12-3-11-23-24/h1-9,11-12H,10,13-15H2,(H,22,25). The van der Waals surface area contributed by atoms with Gasteiger partial charge < -0.3 is 10.1 Å². The van der Waals surface area contributed by atoms with Gasteiger partial charge in [0.2, 0.25) is 5.91 Å². The van der Waals surface area contributed by atoms with E-state index in [0.717, 1.165) is 11.1 Å². The summed E-state index contributed by atoms with van der Waals surface area (Å²) in [6.07, 6.45) is 3.88. The van der Waals surface area contributed by atoms with Crippen LogP contribution in [0.2, 0.25) is 0 Å². The normalized spacial score (nSPS) is 10.5. The van der Waals surface area contributed by atoms with Crippen LogP contribution in [0.25, 0.3) is 0 Å². The SMILES string of the molecule is O=C(CCOc1ccc(F)cc1)NCc1ccccc1Cn1cccn1. The van der Waals surface area contributed by atoms with E-state index in [0.29, 0.717) is 18.8 Å². The number of ether oxygens (including phenoxy) is 1. The van der Waals surface area contributed by atoms with Crippen molar-refractivity contribution in [2.24, 2.45) is 0 Å². The molecule has 2 aromatic carbocycles. The molecule has 0 bridgehead atoms. The molecule has 5 nitrogen and oxygen atoms in total. The second-order valence-corrected chi connectivity index (χ2v) is 5.80. The van der Waals surface area contributed by atoms with Crippen molar-refractivity contribution in [1.82, 2.24) is 15.1 Å². The van der Waals surface area contributed by atoms with Crippen molar-refractivity contribution < 1.29 is 13.9 Å². The van der Waals surface area contributed by atoms with Crippen molar-refractivity contribution in [1.29, 1.82) is 0 Å². The molecule has 0 aliphatic heterocycles. The molecule has 0 saturated heterocycles. The van der Waals surface area contributed by atoms with Gasteiger partial charge >= 0.3 is 0 Å². The number of amides is 1. The molecule has 1 N–H and O–H groups in total. The first-order valence-electron chi connectivity index (χ1n) is 8.40. The van der Waals surface area contributed by atoms with E-state index in [1.54, 1.807) is 18.3 Å². The first-order chi connectivity index (χ1) is 12.7. The number of nitrogens with one attached hydrogen (secondary N) is 1. The van der Waals surface area contributed by atoms with E-state index in [-0.39, 0.29) is 24.8 Å². The minimum absolute atomic E-state index is 0.0963. The van der Waals surface area contributed by atoms with Crippen LogP contribution >= 0.6 is 0 Å². The molecule has 6 heteroatoms. The first-order valence-corrected chi connectivity index (χ1v) is 8.40. The third-order valence-electron chi connectivity index (χ3n) is 3.90. The fourth-order valence-corrected chi connectivity index (χ4v) is 2.53. The highest BCUT2D eigenvalue weighted by Crippen LogP contribution is 2.12. The van der Waals surface area contributed by atoms with Crippen LogP contribution in [0.3, 0.4) is 0 Å². The van der Waals surface area contributed by atoms with E-state index in [1.165, 1.54) is 12.1 Å². The maximum absolute atomic E-state index is 12.8. The number of halogens is 1. The summed E-state index contributed by atoms with van der Waals surface area (Å²) >= 11 is 0. The van der Waals surface area contributed by atoms with Gasteiger partial charge in [-0.05, 0) is 41.5 Å². The Morgan fingerprint density at radius 3 is 2.58 bits per heavy atom. The second kappa shape index (κ2) is 8.80. The van der Waals surface area contributed by atoms with Gasteiger partial charge in [0, 0.05) is 18.9 Å². The van der Waals surface area contributed by atoms with E-state index in [2.05, 4.69) is 10.4 Å². The Balaban J connectivity index is 1.46. The lowest BCUT2D eigenvalue weighted by Crippen LogP contribution is -2.25. The molecule has 1 amide bonds. The van der Waals surface area contributed by atoms with Crippen LogP contribution in [0, 0.1) is 5.82 Å². The molecule has 3 aromatic rings. The molecule has 0 unspecified atom stereocenters. The Morgan fingerprint density at radius 1 is 1.08 bits per heavy atom.